The number of methoxy groups -OCH3 is 1. The molecule has 55 heavy (non-hydrogen) atoms. The van der Waals surface area contributed by atoms with Crippen molar-refractivity contribution in [3.8, 4) is 0 Å². The van der Waals surface area contributed by atoms with Crippen LogP contribution in [0.1, 0.15) is 41.2 Å². The number of fused-ring (bicyclic) bond motifs is 2. The molecule has 2 saturated heterocycles. The van der Waals surface area contributed by atoms with Crippen molar-refractivity contribution in [2.45, 2.75) is 69.0 Å². The molecule has 0 aromatic heterocycles. The lowest BCUT2D eigenvalue weighted by Crippen LogP contribution is -2.59. The number of carbonyl (C=O) groups excluding carboxylic acids is 4. The van der Waals surface area contributed by atoms with Gasteiger partial charge in [0, 0.05) is 30.2 Å². The highest BCUT2D eigenvalue weighted by Gasteiger charge is 2.75. The summed E-state index contributed by atoms with van der Waals surface area (Å²) in [5.41, 5.74) is 2.32. The molecule has 0 aliphatic carbocycles. The van der Waals surface area contributed by atoms with Crippen molar-refractivity contribution in [1.82, 2.24) is 10.2 Å². The summed E-state index contributed by atoms with van der Waals surface area (Å²) in [6, 6.07) is 21.5. The zero-order valence-corrected chi connectivity index (χ0v) is 32.7. The van der Waals surface area contributed by atoms with E-state index in [-0.39, 0.29) is 31.9 Å². The summed E-state index contributed by atoms with van der Waals surface area (Å²) in [6.07, 6.45) is 4.37. The van der Waals surface area contributed by atoms with Gasteiger partial charge in [-0.2, -0.15) is 0 Å². The predicted octanol–water partition coefficient (Wildman–Crippen LogP) is 4.88. The molecule has 2 N–H and O–H groups in total. The van der Waals surface area contributed by atoms with Crippen LogP contribution in [0.15, 0.2) is 102 Å². The van der Waals surface area contributed by atoms with E-state index in [1.54, 1.807) is 23.1 Å². The van der Waals surface area contributed by atoms with Gasteiger partial charge < -0.3 is 34.4 Å². The summed E-state index contributed by atoms with van der Waals surface area (Å²) in [5.74, 6) is -4.18. The summed E-state index contributed by atoms with van der Waals surface area (Å²) in [7, 11) is 1.51. The number of aryl methyl sites for hydroxylation is 2. The second-order valence-electron chi connectivity index (χ2n) is 14.7. The molecule has 3 aromatic rings. The highest BCUT2D eigenvalue weighted by Crippen LogP contribution is 2.59. The van der Waals surface area contributed by atoms with Crippen molar-refractivity contribution in [3.63, 3.8) is 0 Å². The number of hydrogen-bond acceptors (Lipinski definition) is 8. The SMILES string of the molecule is COC[C@@H]1NC(=O)CC/C=C\CN(c2c(C)cccc2C)C(=O)[C@H]2N([C@@H](CO)Cc3ccccc3)C(=O)[C@@H]3[C@@H](C(=O)O[C@H]1c1ccccc1)[C@@H]1O[C@@]32C=C1Br. The minimum atomic E-state index is -1.57. The van der Waals surface area contributed by atoms with Gasteiger partial charge in [0.2, 0.25) is 11.8 Å². The number of rotatable bonds is 8. The van der Waals surface area contributed by atoms with E-state index in [0.717, 1.165) is 16.7 Å². The maximum absolute atomic E-state index is 15.5. The fourth-order valence-electron chi connectivity index (χ4n) is 8.81. The van der Waals surface area contributed by atoms with Crippen LogP contribution in [0.2, 0.25) is 0 Å². The smallest absolute Gasteiger partial charge is 0.313 e. The van der Waals surface area contributed by atoms with E-state index >= 15 is 9.59 Å². The van der Waals surface area contributed by atoms with Gasteiger partial charge >= 0.3 is 5.97 Å². The van der Waals surface area contributed by atoms with Crippen LogP contribution in [0, 0.1) is 25.7 Å². The largest absolute Gasteiger partial charge is 0.455 e. The van der Waals surface area contributed by atoms with Crippen LogP contribution in [-0.4, -0.2) is 90.4 Å². The first kappa shape index (κ1) is 38.6. The van der Waals surface area contributed by atoms with Crippen molar-refractivity contribution < 1.29 is 38.5 Å². The maximum atomic E-state index is 15.5. The molecule has 4 heterocycles. The number of hydrogen-bond donors (Lipinski definition) is 2. The highest BCUT2D eigenvalue weighted by molar-refractivity contribution is 9.11. The zero-order chi connectivity index (χ0) is 38.9. The third-order valence-electron chi connectivity index (χ3n) is 11.2. The molecule has 0 unspecified atom stereocenters. The maximum Gasteiger partial charge on any atom is 0.313 e. The van der Waals surface area contributed by atoms with Crippen LogP contribution < -0.4 is 10.2 Å². The van der Waals surface area contributed by atoms with Crippen LogP contribution in [-0.2, 0) is 39.8 Å². The van der Waals surface area contributed by atoms with Gasteiger partial charge in [-0.15, -0.1) is 0 Å². The predicted molar refractivity (Wildman–Crippen MR) is 209 cm³/mol. The molecule has 4 aliphatic rings. The summed E-state index contributed by atoms with van der Waals surface area (Å²) >= 11 is 3.65. The number of halogens is 1. The number of cyclic esters (lactones) is 1. The molecule has 11 nitrogen and oxygen atoms in total. The third-order valence-corrected chi connectivity index (χ3v) is 11.9. The van der Waals surface area contributed by atoms with E-state index in [1.807, 2.05) is 92.7 Å². The van der Waals surface area contributed by atoms with Crippen LogP contribution in [0.25, 0.3) is 0 Å². The first-order chi connectivity index (χ1) is 26.6. The third kappa shape index (κ3) is 7.17. The van der Waals surface area contributed by atoms with Gasteiger partial charge in [0.1, 0.15) is 29.8 Å². The number of amides is 3. The second-order valence-corrected chi connectivity index (χ2v) is 15.6. The van der Waals surface area contributed by atoms with Crippen molar-refractivity contribution in [2.24, 2.45) is 11.8 Å². The van der Waals surface area contributed by atoms with Crippen LogP contribution in [0.3, 0.4) is 0 Å². The van der Waals surface area contributed by atoms with E-state index in [1.165, 1.54) is 12.0 Å². The van der Waals surface area contributed by atoms with Gasteiger partial charge in [-0.1, -0.05) is 107 Å². The number of esters is 1. The molecule has 4 aliphatic heterocycles. The standard InChI is InChI=1S/C43H46BrN3O8/c1-26-14-13-15-27(2)36(26)46-21-12-6-11-20-33(49)45-32(25-53-3)37(29-18-9-5-10-19-29)54-42(52)34-35-40(50)47(30(24-48)22-28-16-7-4-8-17-28)39(41(46)51)43(35)23-31(44)38(34)55-43/h4-10,12-19,23,30,32,34-35,37-39,48H,11,20-22,24-25H2,1-3H3,(H,45,49)/b12-6-/t30-,32+,34-,35+,37+,38-,39-,43+/m1/s1. The Hall–Kier alpha value is -4.62. The fraction of sp³-hybridized carbons (Fsp3) is 0.395. The van der Waals surface area contributed by atoms with Gasteiger partial charge in [-0.3, -0.25) is 19.2 Å². The Bertz CT molecular complexity index is 1970. The van der Waals surface area contributed by atoms with Crippen LogP contribution in [0.4, 0.5) is 5.69 Å². The number of ether oxygens (including phenoxy) is 3. The number of allylic oxidation sites excluding steroid dienone is 1. The molecule has 288 valence electrons. The summed E-state index contributed by atoms with van der Waals surface area (Å²) < 4.78 is 19.2. The number of carbonyl (C=O) groups is 4. The number of aliphatic hydroxyl groups is 1. The van der Waals surface area contributed by atoms with Crippen molar-refractivity contribution in [2.75, 3.05) is 31.8 Å². The van der Waals surface area contributed by atoms with Crippen molar-refractivity contribution in [1.29, 1.82) is 0 Å². The Morgan fingerprint density at radius 1 is 0.927 bits per heavy atom. The van der Waals surface area contributed by atoms with Crippen LogP contribution in [0.5, 0.6) is 0 Å². The molecule has 1 spiro atoms. The lowest BCUT2D eigenvalue weighted by Gasteiger charge is -2.39. The number of nitrogens with one attached hydrogen (secondary N) is 1. The number of para-hydroxylation sites is 1. The van der Waals surface area contributed by atoms with E-state index in [4.69, 9.17) is 14.2 Å². The molecule has 3 amide bonds. The molecule has 0 radical (unpaired) electrons. The molecule has 0 saturated carbocycles. The monoisotopic (exact) mass is 811 g/mol. The number of nitrogens with zero attached hydrogens (tertiary/aromatic N) is 2. The summed E-state index contributed by atoms with van der Waals surface area (Å²) in [6.45, 7) is 3.60. The molecular formula is C43H46BrN3O8. The number of anilines is 1. The molecule has 7 rings (SSSR count). The molecule has 5 bridgehead atoms. The lowest BCUT2D eigenvalue weighted by molar-refractivity contribution is -0.162. The first-order valence-electron chi connectivity index (χ1n) is 18.7. The highest BCUT2D eigenvalue weighted by atomic mass is 79.9. The Morgan fingerprint density at radius 3 is 2.29 bits per heavy atom. The minimum Gasteiger partial charge on any atom is -0.455 e. The number of aliphatic hydroxyl groups excluding tert-OH is 1. The first-order valence-corrected chi connectivity index (χ1v) is 19.5. The van der Waals surface area contributed by atoms with E-state index < -0.39 is 72.2 Å². The number of likely N-dealkylation sites (tertiary alicyclic amines) is 1. The normalized spacial score (nSPS) is 29.4. The van der Waals surface area contributed by atoms with Gasteiger partial charge in [-0.05, 0) is 55.0 Å². The summed E-state index contributed by atoms with van der Waals surface area (Å²) in [4.78, 5) is 62.0. The van der Waals surface area contributed by atoms with E-state index in [2.05, 4.69) is 21.2 Å². The van der Waals surface area contributed by atoms with Crippen molar-refractivity contribution >= 4 is 45.3 Å². The Morgan fingerprint density at radius 2 is 1.62 bits per heavy atom. The van der Waals surface area contributed by atoms with Gasteiger partial charge in [-0.25, -0.2) is 0 Å². The molecule has 2 fully saturated rings. The summed E-state index contributed by atoms with van der Waals surface area (Å²) in [5, 5.41) is 14.0. The van der Waals surface area contributed by atoms with Gasteiger partial charge in [0.15, 0.2) is 0 Å². The van der Waals surface area contributed by atoms with E-state index in [9.17, 15) is 14.7 Å². The van der Waals surface area contributed by atoms with Gasteiger partial charge in [0.25, 0.3) is 5.91 Å². The zero-order valence-electron chi connectivity index (χ0n) is 31.1. The Labute approximate surface area is 329 Å². The number of benzene rings is 3. The average molecular weight is 813 g/mol. The molecule has 12 heteroatoms. The van der Waals surface area contributed by atoms with E-state index in [0.29, 0.717) is 22.2 Å². The second kappa shape index (κ2) is 16.2. The minimum absolute atomic E-state index is 0.0433. The van der Waals surface area contributed by atoms with Crippen LogP contribution >= 0.6 is 15.9 Å². The Balaban J connectivity index is 1.39. The molecule has 3 aromatic carbocycles. The quantitative estimate of drug-likeness (QED) is 0.243. The van der Waals surface area contributed by atoms with Crippen molar-refractivity contribution in [3.05, 3.63) is 124 Å². The molecule has 8 atom stereocenters. The average Bonchev–Trinajstić information content (AvgIpc) is 3.78. The van der Waals surface area contributed by atoms with Gasteiger partial charge in [0.05, 0.1) is 31.2 Å². The fourth-order valence-corrected chi connectivity index (χ4v) is 9.55. The topological polar surface area (TPSA) is 135 Å². The molecular weight excluding hydrogens is 766 g/mol. The Kier molecular flexibility index (Phi) is 11.4. The lowest BCUT2D eigenvalue weighted by atomic mass is 9.74.